The smallest absolute Gasteiger partial charge is 0.227 e. The first kappa shape index (κ1) is 19.0. The largest absolute Gasteiger partial charge is 0.378 e. The van der Waals surface area contributed by atoms with Crippen LogP contribution in [0.15, 0.2) is 30.5 Å². The Kier molecular flexibility index (Phi) is 5.68. The van der Waals surface area contributed by atoms with Gasteiger partial charge in [-0.3, -0.25) is 4.90 Å². The van der Waals surface area contributed by atoms with Crippen molar-refractivity contribution in [2.45, 2.75) is 19.0 Å². The Hall–Kier alpha value is -2.32. The van der Waals surface area contributed by atoms with Gasteiger partial charge in [0, 0.05) is 52.0 Å². The zero-order valence-electron chi connectivity index (χ0n) is 16.0. The van der Waals surface area contributed by atoms with E-state index >= 15 is 0 Å². The van der Waals surface area contributed by atoms with Gasteiger partial charge in [0.05, 0.1) is 13.2 Å². The topological polar surface area (TPSA) is 44.7 Å². The number of rotatable bonds is 5. The second kappa shape index (κ2) is 8.36. The molecule has 4 rings (SSSR count). The van der Waals surface area contributed by atoms with Gasteiger partial charge in [-0.25, -0.2) is 13.8 Å². The molecule has 0 bridgehead atoms. The van der Waals surface area contributed by atoms with E-state index in [-0.39, 0.29) is 0 Å². The summed E-state index contributed by atoms with van der Waals surface area (Å²) in [5.74, 6) is 0.0464. The summed E-state index contributed by atoms with van der Waals surface area (Å²) in [7, 11) is 2.05. The Morgan fingerprint density at radius 2 is 1.96 bits per heavy atom. The normalized spacial score (nSPS) is 20.5. The average molecular weight is 389 g/mol. The van der Waals surface area contributed by atoms with Gasteiger partial charge in [-0.15, -0.1) is 0 Å². The van der Waals surface area contributed by atoms with Crippen molar-refractivity contribution in [1.29, 1.82) is 0 Å². The van der Waals surface area contributed by atoms with Gasteiger partial charge in [0.15, 0.2) is 11.6 Å². The molecule has 2 aliphatic heterocycles. The van der Waals surface area contributed by atoms with E-state index < -0.39 is 11.6 Å². The molecule has 1 atom stereocenters. The Bertz CT molecular complexity index is 815. The number of anilines is 2. The summed E-state index contributed by atoms with van der Waals surface area (Å²) in [6.45, 7) is 5.39. The van der Waals surface area contributed by atoms with Crippen molar-refractivity contribution in [3.05, 3.63) is 47.7 Å². The van der Waals surface area contributed by atoms with Crippen LogP contribution in [0.4, 0.5) is 20.5 Å². The van der Waals surface area contributed by atoms with Crippen molar-refractivity contribution in [1.82, 2.24) is 14.9 Å². The van der Waals surface area contributed by atoms with Crippen LogP contribution < -0.4 is 9.80 Å². The fourth-order valence-electron chi connectivity index (χ4n) is 3.81. The van der Waals surface area contributed by atoms with Crippen LogP contribution in [0.2, 0.25) is 0 Å². The number of hydrogen-bond acceptors (Lipinski definition) is 6. The van der Waals surface area contributed by atoms with Crippen LogP contribution in [-0.2, 0) is 11.3 Å². The zero-order valence-corrected chi connectivity index (χ0v) is 16.0. The van der Waals surface area contributed by atoms with Gasteiger partial charge in [0.1, 0.15) is 5.82 Å². The third-order valence-corrected chi connectivity index (χ3v) is 5.47. The van der Waals surface area contributed by atoms with Gasteiger partial charge in [-0.2, -0.15) is 4.98 Å². The third kappa shape index (κ3) is 4.23. The van der Waals surface area contributed by atoms with Crippen molar-refractivity contribution in [2.75, 3.05) is 56.2 Å². The van der Waals surface area contributed by atoms with Gasteiger partial charge in [0.2, 0.25) is 5.95 Å². The first-order valence-electron chi connectivity index (χ1n) is 9.65. The quantitative estimate of drug-likeness (QED) is 0.782. The molecule has 0 radical (unpaired) electrons. The summed E-state index contributed by atoms with van der Waals surface area (Å²) in [6.07, 6.45) is 2.80. The molecule has 0 N–H and O–H groups in total. The van der Waals surface area contributed by atoms with E-state index in [9.17, 15) is 8.78 Å². The SMILES string of the molecule is CN(c1ccnc(N2CCOCC2)n1)C1CCN(Cc2ccc(F)c(F)c2)C1. The molecule has 1 aromatic heterocycles. The van der Waals surface area contributed by atoms with E-state index in [2.05, 4.69) is 26.7 Å². The highest BCUT2D eigenvalue weighted by atomic mass is 19.2. The Morgan fingerprint density at radius 3 is 2.75 bits per heavy atom. The summed E-state index contributed by atoms with van der Waals surface area (Å²) in [5, 5.41) is 0. The third-order valence-electron chi connectivity index (χ3n) is 5.47. The van der Waals surface area contributed by atoms with Crippen LogP contribution in [0.5, 0.6) is 0 Å². The molecule has 3 heterocycles. The maximum Gasteiger partial charge on any atom is 0.227 e. The summed E-state index contributed by atoms with van der Waals surface area (Å²) in [6, 6.07) is 6.37. The number of halogens is 2. The summed E-state index contributed by atoms with van der Waals surface area (Å²) >= 11 is 0. The van der Waals surface area contributed by atoms with Gasteiger partial charge < -0.3 is 14.5 Å². The van der Waals surface area contributed by atoms with Gasteiger partial charge in [-0.05, 0) is 30.2 Å². The number of likely N-dealkylation sites (N-methyl/N-ethyl adjacent to an activating group) is 1. The van der Waals surface area contributed by atoms with Crippen molar-refractivity contribution in [2.24, 2.45) is 0 Å². The summed E-state index contributed by atoms with van der Waals surface area (Å²) < 4.78 is 32.0. The standard InChI is InChI=1S/C20H25F2N5O/c1-25(19-4-6-23-20(24-19)27-8-10-28-11-9-27)16-5-7-26(14-16)13-15-2-3-17(21)18(22)12-15/h2-4,6,12,16H,5,7-11,13-14H2,1H3. The molecule has 0 spiro atoms. The predicted molar refractivity (Wildman–Crippen MR) is 104 cm³/mol. The molecule has 28 heavy (non-hydrogen) atoms. The second-order valence-corrected chi connectivity index (χ2v) is 7.35. The molecule has 150 valence electrons. The van der Waals surface area contributed by atoms with E-state index in [1.54, 1.807) is 12.3 Å². The predicted octanol–water partition coefficient (Wildman–Crippen LogP) is 2.30. The lowest BCUT2D eigenvalue weighted by atomic mass is 10.2. The van der Waals surface area contributed by atoms with Crippen molar-refractivity contribution >= 4 is 11.8 Å². The first-order valence-corrected chi connectivity index (χ1v) is 9.65. The molecule has 1 aromatic carbocycles. The monoisotopic (exact) mass is 389 g/mol. The maximum absolute atomic E-state index is 13.4. The molecule has 2 aliphatic rings. The van der Waals surface area contributed by atoms with E-state index in [0.717, 1.165) is 49.9 Å². The fraction of sp³-hybridized carbons (Fsp3) is 0.500. The van der Waals surface area contributed by atoms with E-state index in [1.807, 2.05) is 6.07 Å². The highest BCUT2D eigenvalue weighted by molar-refractivity contribution is 5.44. The highest BCUT2D eigenvalue weighted by Gasteiger charge is 2.27. The van der Waals surface area contributed by atoms with Gasteiger partial charge >= 0.3 is 0 Å². The lowest BCUT2D eigenvalue weighted by molar-refractivity contribution is 0.122. The van der Waals surface area contributed by atoms with Crippen LogP contribution in [-0.4, -0.2) is 67.4 Å². The molecule has 0 aliphatic carbocycles. The molecule has 0 amide bonds. The molecular weight excluding hydrogens is 364 g/mol. The van der Waals surface area contributed by atoms with E-state index in [1.165, 1.54) is 12.1 Å². The van der Waals surface area contributed by atoms with Crippen LogP contribution in [0, 0.1) is 11.6 Å². The van der Waals surface area contributed by atoms with Crippen molar-refractivity contribution in [3.63, 3.8) is 0 Å². The number of morpholine rings is 1. The van der Waals surface area contributed by atoms with E-state index in [0.29, 0.717) is 25.8 Å². The highest BCUT2D eigenvalue weighted by Crippen LogP contribution is 2.23. The summed E-state index contributed by atoms with van der Waals surface area (Å²) in [5.41, 5.74) is 0.791. The Morgan fingerprint density at radius 1 is 1.14 bits per heavy atom. The lowest BCUT2D eigenvalue weighted by Gasteiger charge is -2.29. The number of hydrogen-bond donors (Lipinski definition) is 0. The van der Waals surface area contributed by atoms with Crippen LogP contribution in [0.3, 0.4) is 0 Å². The number of nitrogens with zero attached hydrogens (tertiary/aromatic N) is 5. The minimum atomic E-state index is -0.803. The average Bonchev–Trinajstić information content (AvgIpc) is 3.19. The molecular formula is C20H25F2N5O. The van der Waals surface area contributed by atoms with Crippen LogP contribution >= 0.6 is 0 Å². The molecule has 0 saturated carbocycles. The molecule has 2 saturated heterocycles. The number of likely N-dealkylation sites (tertiary alicyclic amines) is 1. The summed E-state index contributed by atoms with van der Waals surface area (Å²) in [4.78, 5) is 15.8. The molecule has 2 fully saturated rings. The Balaban J connectivity index is 1.39. The number of ether oxygens (including phenoxy) is 1. The first-order chi connectivity index (χ1) is 13.6. The minimum absolute atomic E-state index is 0.317. The molecule has 6 nitrogen and oxygen atoms in total. The van der Waals surface area contributed by atoms with E-state index in [4.69, 9.17) is 9.72 Å². The van der Waals surface area contributed by atoms with Gasteiger partial charge in [0.25, 0.3) is 0 Å². The number of aromatic nitrogens is 2. The van der Waals surface area contributed by atoms with Crippen molar-refractivity contribution in [3.8, 4) is 0 Å². The van der Waals surface area contributed by atoms with Crippen molar-refractivity contribution < 1.29 is 13.5 Å². The maximum atomic E-state index is 13.4. The Labute approximate surface area is 163 Å². The zero-order chi connectivity index (χ0) is 19.5. The van der Waals surface area contributed by atoms with Gasteiger partial charge in [-0.1, -0.05) is 6.07 Å². The second-order valence-electron chi connectivity index (χ2n) is 7.35. The molecule has 2 aromatic rings. The molecule has 1 unspecified atom stereocenters. The minimum Gasteiger partial charge on any atom is -0.378 e. The van der Waals surface area contributed by atoms with Crippen LogP contribution in [0.25, 0.3) is 0 Å². The fourth-order valence-corrected chi connectivity index (χ4v) is 3.81. The molecule has 8 heteroatoms. The number of benzene rings is 1. The lowest BCUT2D eigenvalue weighted by Crippen LogP contribution is -2.38. The van der Waals surface area contributed by atoms with Crippen LogP contribution in [0.1, 0.15) is 12.0 Å².